The van der Waals surface area contributed by atoms with Gasteiger partial charge in [0, 0.05) is 0 Å². The van der Waals surface area contributed by atoms with E-state index in [1.54, 1.807) is 30.3 Å². The highest BCUT2D eigenvalue weighted by Gasteiger charge is 2.34. The summed E-state index contributed by atoms with van der Waals surface area (Å²) < 4.78 is 25.1. The van der Waals surface area contributed by atoms with Gasteiger partial charge in [0.15, 0.2) is 11.5 Å². The van der Waals surface area contributed by atoms with Gasteiger partial charge in [-0.3, -0.25) is 14.5 Å². The number of benzene rings is 2. The Morgan fingerprint density at radius 1 is 1.31 bits per heavy atom. The van der Waals surface area contributed by atoms with Crippen LogP contribution in [0.5, 0.6) is 11.5 Å². The van der Waals surface area contributed by atoms with E-state index in [-0.39, 0.29) is 23.9 Å². The van der Waals surface area contributed by atoms with Gasteiger partial charge in [-0.1, -0.05) is 18.1 Å². The van der Waals surface area contributed by atoms with E-state index < -0.39 is 11.1 Å². The van der Waals surface area contributed by atoms with E-state index in [9.17, 15) is 14.0 Å². The van der Waals surface area contributed by atoms with Crippen molar-refractivity contribution >= 4 is 44.9 Å². The van der Waals surface area contributed by atoms with Gasteiger partial charge in [0.2, 0.25) is 0 Å². The molecule has 2 aromatic rings. The summed E-state index contributed by atoms with van der Waals surface area (Å²) in [4.78, 5) is 25.5. The lowest BCUT2D eigenvalue weighted by Crippen LogP contribution is -2.28. The van der Waals surface area contributed by atoms with E-state index in [1.807, 2.05) is 0 Å². The van der Waals surface area contributed by atoms with Crippen molar-refractivity contribution in [3.8, 4) is 23.8 Å². The number of amides is 2. The summed E-state index contributed by atoms with van der Waals surface area (Å²) in [5, 5.41) is -0.403. The molecule has 8 heteroatoms. The summed E-state index contributed by atoms with van der Waals surface area (Å²) in [5.74, 6) is 2.38. The topological polar surface area (TPSA) is 55.8 Å². The lowest BCUT2D eigenvalue weighted by molar-refractivity contribution is -0.122. The van der Waals surface area contributed by atoms with Crippen LogP contribution in [0, 0.1) is 18.2 Å². The van der Waals surface area contributed by atoms with Gasteiger partial charge in [-0.15, -0.1) is 6.42 Å². The molecule has 0 aromatic heterocycles. The third kappa shape index (κ3) is 4.81. The van der Waals surface area contributed by atoms with Crippen LogP contribution < -0.4 is 9.47 Å². The fraction of sp³-hybridized carbons (Fsp3) is 0.143. The van der Waals surface area contributed by atoms with Gasteiger partial charge in [0.25, 0.3) is 11.1 Å². The molecule has 1 saturated heterocycles. The highest BCUT2D eigenvalue weighted by molar-refractivity contribution is 9.10. The van der Waals surface area contributed by atoms with E-state index in [0.29, 0.717) is 27.1 Å². The fourth-order valence-corrected chi connectivity index (χ4v) is 4.04. The number of methoxy groups -OCH3 is 1. The predicted molar refractivity (Wildman–Crippen MR) is 113 cm³/mol. The average Bonchev–Trinajstić information content (AvgIpc) is 2.94. The first-order valence-corrected chi connectivity index (χ1v) is 9.97. The van der Waals surface area contributed by atoms with Crippen LogP contribution >= 0.6 is 27.7 Å². The molecular weight excluding hydrogens is 461 g/mol. The quantitative estimate of drug-likeness (QED) is 0.441. The van der Waals surface area contributed by atoms with Crippen LogP contribution in [0.4, 0.5) is 9.18 Å². The Labute approximate surface area is 180 Å². The zero-order valence-corrected chi connectivity index (χ0v) is 17.7. The van der Waals surface area contributed by atoms with Gasteiger partial charge in [-0.25, -0.2) is 4.39 Å². The number of halogens is 2. The SMILES string of the molecule is C#CCN1C(=O)S/C(=C\c2cc(Br)c(OCc3cccc(F)c3)c(OC)c2)C1=O. The molecule has 0 aliphatic carbocycles. The Bertz CT molecular complexity index is 1050. The maximum absolute atomic E-state index is 13.3. The Hall–Kier alpha value is -2.76. The first-order valence-electron chi connectivity index (χ1n) is 8.36. The second kappa shape index (κ2) is 9.16. The normalized spacial score (nSPS) is 15.0. The van der Waals surface area contributed by atoms with Crippen molar-refractivity contribution in [3.63, 3.8) is 0 Å². The highest BCUT2D eigenvalue weighted by atomic mass is 79.9. The molecule has 0 saturated carbocycles. The molecule has 1 heterocycles. The van der Waals surface area contributed by atoms with Gasteiger partial charge >= 0.3 is 0 Å². The highest BCUT2D eigenvalue weighted by Crippen LogP contribution is 2.39. The molecule has 0 atom stereocenters. The third-order valence-electron chi connectivity index (χ3n) is 3.94. The third-order valence-corrected chi connectivity index (χ3v) is 5.44. The smallest absolute Gasteiger partial charge is 0.294 e. The Kier molecular flexibility index (Phi) is 6.62. The maximum Gasteiger partial charge on any atom is 0.294 e. The molecule has 148 valence electrons. The number of rotatable bonds is 6. The Morgan fingerprint density at radius 3 is 2.79 bits per heavy atom. The van der Waals surface area contributed by atoms with Crippen LogP contribution in [-0.2, 0) is 11.4 Å². The number of ether oxygens (including phenoxy) is 2. The summed E-state index contributed by atoms with van der Waals surface area (Å²) in [5.41, 5.74) is 1.31. The lowest BCUT2D eigenvalue weighted by atomic mass is 10.1. The summed E-state index contributed by atoms with van der Waals surface area (Å²) in [6.45, 7) is 0.0823. The number of carbonyl (C=O) groups is 2. The molecule has 5 nitrogen and oxygen atoms in total. The standard InChI is InChI=1S/C21H15BrFNO4S/c1-3-7-24-20(25)18(29-21(24)26)11-14-9-16(22)19(17(10-14)27-2)28-12-13-5-4-6-15(23)8-13/h1,4-6,8-11H,7,12H2,2H3/b18-11-. The van der Waals surface area contributed by atoms with E-state index in [2.05, 4.69) is 21.9 Å². The molecule has 1 aliphatic rings. The second-order valence-corrected chi connectivity index (χ2v) is 7.77. The number of hydrogen-bond donors (Lipinski definition) is 0. The van der Waals surface area contributed by atoms with Gasteiger partial charge in [-0.2, -0.15) is 0 Å². The molecular formula is C21H15BrFNO4S. The zero-order valence-electron chi connectivity index (χ0n) is 15.3. The lowest BCUT2D eigenvalue weighted by Gasteiger charge is -2.14. The van der Waals surface area contributed by atoms with Crippen molar-refractivity contribution in [2.24, 2.45) is 0 Å². The molecule has 1 aliphatic heterocycles. The number of carbonyl (C=O) groups excluding carboxylic acids is 2. The molecule has 0 N–H and O–H groups in total. The van der Waals surface area contributed by atoms with Crippen molar-refractivity contribution in [1.29, 1.82) is 0 Å². The molecule has 2 amide bonds. The first kappa shape index (κ1) is 21.0. The van der Waals surface area contributed by atoms with Gasteiger partial charge in [0.05, 0.1) is 23.0 Å². The van der Waals surface area contributed by atoms with Crippen LogP contribution in [0.2, 0.25) is 0 Å². The van der Waals surface area contributed by atoms with Gasteiger partial charge in [0.1, 0.15) is 12.4 Å². The van der Waals surface area contributed by atoms with E-state index in [0.717, 1.165) is 16.7 Å². The molecule has 29 heavy (non-hydrogen) atoms. The molecule has 0 unspecified atom stereocenters. The van der Waals surface area contributed by atoms with Crippen LogP contribution in [0.3, 0.4) is 0 Å². The largest absolute Gasteiger partial charge is 0.493 e. The van der Waals surface area contributed by atoms with Gasteiger partial charge < -0.3 is 9.47 Å². The molecule has 0 bridgehead atoms. The number of thioether (sulfide) groups is 1. The van der Waals surface area contributed by atoms with Crippen molar-refractivity contribution in [3.05, 3.63) is 62.7 Å². The summed E-state index contributed by atoms with van der Waals surface area (Å²) >= 11 is 4.27. The number of imide groups is 1. The van der Waals surface area contributed by atoms with Crippen LogP contribution in [0.25, 0.3) is 6.08 Å². The summed E-state index contributed by atoms with van der Waals surface area (Å²) in [6.07, 6.45) is 6.79. The molecule has 1 fully saturated rings. The monoisotopic (exact) mass is 475 g/mol. The molecule has 3 rings (SSSR count). The Balaban J connectivity index is 1.84. The number of hydrogen-bond acceptors (Lipinski definition) is 5. The van der Waals surface area contributed by atoms with Crippen molar-refractivity contribution in [2.45, 2.75) is 6.61 Å². The van der Waals surface area contributed by atoms with Crippen LogP contribution in [0.1, 0.15) is 11.1 Å². The second-order valence-electron chi connectivity index (χ2n) is 5.92. The minimum atomic E-state index is -0.431. The maximum atomic E-state index is 13.3. The summed E-state index contributed by atoms with van der Waals surface area (Å²) in [6, 6.07) is 9.53. The number of nitrogens with zero attached hydrogens (tertiary/aromatic N) is 1. The van der Waals surface area contributed by atoms with Gasteiger partial charge in [-0.05, 0) is 69.2 Å². The fourth-order valence-electron chi connectivity index (χ4n) is 2.62. The minimum Gasteiger partial charge on any atom is -0.493 e. The number of terminal acetylenes is 1. The van der Waals surface area contributed by atoms with Crippen LogP contribution in [0.15, 0.2) is 45.8 Å². The zero-order chi connectivity index (χ0) is 21.0. The molecule has 0 spiro atoms. The van der Waals surface area contributed by atoms with E-state index in [1.165, 1.54) is 19.2 Å². The minimum absolute atomic E-state index is 0.0676. The molecule has 0 radical (unpaired) electrons. The van der Waals surface area contributed by atoms with Crippen LogP contribution in [-0.4, -0.2) is 29.7 Å². The first-order chi connectivity index (χ1) is 13.9. The van der Waals surface area contributed by atoms with Crippen molar-refractivity contribution in [2.75, 3.05) is 13.7 Å². The van der Waals surface area contributed by atoms with Crippen molar-refractivity contribution in [1.82, 2.24) is 4.90 Å². The molecule has 2 aromatic carbocycles. The predicted octanol–water partition coefficient (Wildman–Crippen LogP) is 4.85. The van der Waals surface area contributed by atoms with E-state index in [4.69, 9.17) is 15.9 Å². The average molecular weight is 476 g/mol. The Morgan fingerprint density at radius 2 is 2.10 bits per heavy atom. The van der Waals surface area contributed by atoms with E-state index >= 15 is 0 Å². The van der Waals surface area contributed by atoms with Crippen molar-refractivity contribution < 1.29 is 23.5 Å². The summed E-state index contributed by atoms with van der Waals surface area (Å²) in [7, 11) is 1.49.